The van der Waals surface area contributed by atoms with E-state index in [-0.39, 0.29) is 6.61 Å². The summed E-state index contributed by atoms with van der Waals surface area (Å²) in [4.78, 5) is 0. The lowest BCUT2D eigenvalue weighted by Gasteiger charge is -1.88. The molecule has 2 aromatic rings. The number of aliphatic hydroxyl groups excluding tert-OH is 1. The Bertz CT molecular complexity index is 565. The van der Waals surface area contributed by atoms with Gasteiger partial charge in [0, 0.05) is 6.08 Å². The van der Waals surface area contributed by atoms with Gasteiger partial charge in [-0.15, -0.1) is 0 Å². The van der Waals surface area contributed by atoms with Crippen molar-refractivity contribution in [3.63, 3.8) is 0 Å². The van der Waals surface area contributed by atoms with Crippen LogP contribution in [0.15, 0.2) is 72.8 Å². The second kappa shape index (κ2) is 10.3. The van der Waals surface area contributed by atoms with E-state index in [9.17, 15) is 0 Å². The molecule has 2 heteroatoms. The molecule has 0 saturated heterocycles. The fraction of sp³-hybridized carbons (Fsp3) is 0.0556. The van der Waals surface area contributed by atoms with Gasteiger partial charge in [0.2, 0.25) is 0 Å². The maximum Gasteiger partial charge on any atom is 0.0912 e. The molecule has 1 N–H and O–H groups in total. The summed E-state index contributed by atoms with van der Waals surface area (Å²) in [5.74, 6) is 0. The summed E-state index contributed by atoms with van der Waals surface area (Å²) >= 11 is 0. The first kappa shape index (κ1) is 15.4. The van der Waals surface area contributed by atoms with E-state index >= 15 is 0 Å². The largest absolute Gasteiger partial charge is 0.392 e. The van der Waals surface area contributed by atoms with Gasteiger partial charge in [-0.05, 0) is 17.2 Å². The van der Waals surface area contributed by atoms with Crippen LogP contribution in [-0.2, 0) is 0 Å². The average Bonchev–Trinajstić information content (AvgIpc) is 2.53. The minimum absolute atomic E-state index is 0.106. The van der Waals surface area contributed by atoms with Gasteiger partial charge in [-0.3, -0.25) is 0 Å². The predicted molar refractivity (Wildman–Crippen MR) is 83.7 cm³/mol. The average molecular weight is 263 g/mol. The molecule has 0 spiro atoms. The number of nitrogens with zero attached hydrogens (tertiary/aromatic N) is 1. The molecule has 2 nitrogen and oxygen atoms in total. The van der Waals surface area contributed by atoms with E-state index in [1.165, 1.54) is 6.08 Å². The molecule has 0 aromatic heterocycles. The number of aliphatic hydroxyl groups is 1. The minimum atomic E-state index is 0.106. The number of hydrogen-bond acceptors (Lipinski definition) is 2. The van der Waals surface area contributed by atoms with Crippen molar-refractivity contribution in [2.45, 2.75) is 0 Å². The first-order chi connectivity index (χ1) is 9.86. The van der Waals surface area contributed by atoms with Crippen LogP contribution in [0, 0.1) is 11.3 Å². The summed E-state index contributed by atoms with van der Waals surface area (Å²) in [5.41, 5.74) is 2.18. The first-order valence-electron chi connectivity index (χ1n) is 6.30. The van der Waals surface area contributed by atoms with Crippen LogP contribution in [-0.4, -0.2) is 11.7 Å². The van der Waals surface area contributed by atoms with Crippen LogP contribution >= 0.6 is 0 Å². The highest BCUT2D eigenvalue weighted by Gasteiger charge is 1.80. The summed E-state index contributed by atoms with van der Waals surface area (Å²) in [6, 6.07) is 21.6. The van der Waals surface area contributed by atoms with E-state index in [1.54, 1.807) is 12.2 Å². The molecule has 0 amide bonds. The van der Waals surface area contributed by atoms with Crippen molar-refractivity contribution in [3.05, 3.63) is 83.9 Å². The van der Waals surface area contributed by atoms with Crippen LogP contribution < -0.4 is 0 Å². The summed E-state index contributed by atoms with van der Waals surface area (Å²) in [6.07, 6.45) is 6.85. The molecule has 2 aromatic carbocycles. The van der Waals surface area contributed by atoms with Crippen LogP contribution in [0.4, 0.5) is 0 Å². The van der Waals surface area contributed by atoms with Crippen molar-refractivity contribution >= 4 is 12.2 Å². The van der Waals surface area contributed by atoms with Gasteiger partial charge in [0.15, 0.2) is 0 Å². The summed E-state index contributed by atoms with van der Waals surface area (Å²) in [6.45, 7) is 0.106. The molecular formula is C18H17NO. The van der Waals surface area contributed by atoms with Crippen LogP contribution in [0.25, 0.3) is 12.2 Å². The second-order valence-electron chi connectivity index (χ2n) is 3.87. The zero-order valence-corrected chi connectivity index (χ0v) is 11.2. The number of hydrogen-bond donors (Lipinski definition) is 1. The molecule has 0 fully saturated rings. The zero-order valence-electron chi connectivity index (χ0n) is 11.2. The van der Waals surface area contributed by atoms with E-state index in [0.717, 1.165) is 11.1 Å². The minimum Gasteiger partial charge on any atom is -0.392 e. The van der Waals surface area contributed by atoms with Crippen molar-refractivity contribution in [1.29, 1.82) is 5.26 Å². The second-order valence-corrected chi connectivity index (χ2v) is 3.87. The van der Waals surface area contributed by atoms with E-state index in [0.29, 0.717) is 0 Å². The molecule has 2 rings (SSSR count). The third kappa shape index (κ3) is 6.95. The smallest absolute Gasteiger partial charge is 0.0912 e. The molecule has 0 heterocycles. The molecule has 0 saturated carbocycles. The van der Waals surface area contributed by atoms with Crippen molar-refractivity contribution < 1.29 is 5.11 Å². The number of benzene rings is 2. The summed E-state index contributed by atoms with van der Waals surface area (Å²) in [7, 11) is 0. The molecule has 20 heavy (non-hydrogen) atoms. The number of rotatable bonds is 3. The van der Waals surface area contributed by atoms with Crippen molar-refractivity contribution in [3.8, 4) is 6.07 Å². The van der Waals surface area contributed by atoms with Gasteiger partial charge in [-0.25, -0.2) is 0 Å². The van der Waals surface area contributed by atoms with E-state index < -0.39 is 0 Å². The van der Waals surface area contributed by atoms with Gasteiger partial charge >= 0.3 is 0 Å². The van der Waals surface area contributed by atoms with Crippen LogP contribution in [0.1, 0.15) is 11.1 Å². The first-order valence-corrected chi connectivity index (χ1v) is 6.30. The van der Waals surface area contributed by atoms with Gasteiger partial charge in [-0.1, -0.05) is 72.8 Å². The lowest BCUT2D eigenvalue weighted by Crippen LogP contribution is -1.72. The standard InChI is InChI=1S/C9H7N.C9H10O/c2*10-8-4-7-9-5-2-1-3-6-9/h1-7H;1-7,10H,8H2/b2*7-4+. The van der Waals surface area contributed by atoms with Gasteiger partial charge in [-0.2, -0.15) is 5.26 Å². The summed E-state index contributed by atoms with van der Waals surface area (Å²) in [5, 5.41) is 16.6. The van der Waals surface area contributed by atoms with Gasteiger partial charge < -0.3 is 5.11 Å². The fourth-order valence-corrected chi connectivity index (χ4v) is 1.45. The third-order valence-corrected chi connectivity index (χ3v) is 2.37. The van der Waals surface area contributed by atoms with E-state index in [4.69, 9.17) is 10.4 Å². The lowest BCUT2D eigenvalue weighted by atomic mass is 10.2. The zero-order chi connectivity index (χ0) is 14.5. The maximum absolute atomic E-state index is 8.44. The quantitative estimate of drug-likeness (QED) is 0.853. The monoisotopic (exact) mass is 263 g/mol. The molecule has 0 radical (unpaired) electrons. The molecule has 0 aliphatic rings. The Morgan fingerprint density at radius 1 is 0.850 bits per heavy atom. The normalized spacial score (nSPS) is 10.0. The topological polar surface area (TPSA) is 44.0 Å². The van der Waals surface area contributed by atoms with Crippen LogP contribution in [0.3, 0.4) is 0 Å². The predicted octanol–water partition coefficient (Wildman–Crippen LogP) is 3.92. The lowest BCUT2D eigenvalue weighted by molar-refractivity contribution is 0.343. The fourth-order valence-electron chi connectivity index (χ4n) is 1.45. The molecular weight excluding hydrogens is 246 g/mol. The maximum atomic E-state index is 8.44. The van der Waals surface area contributed by atoms with E-state index in [1.807, 2.05) is 72.8 Å². The molecule has 0 bridgehead atoms. The SMILES string of the molecule is N#C/C=C/c1ccccc1.OC/C=C/c1ccccc1. The molecule has 100 valence electrons. The Kier molecular flexibility index (Phi) is 7.95. The highest BCUT2D eigenvalue weighted by Crippen LogP contribution is 2.00. The molecule has 0 unspecified atom stereocenters. The third-order valence-electron chi connectivity index (χ3n) is 2.37. The molecule has 0 atom stereocenters. The number of allylic oxidation sites excluding steroid dienone is 1. The van der Waals surface area contributed by atoms with Gasteiger partial charge in [0.25, 0.3) is 0 Å². The molecule has 0 aliphatic carbocycles. The Morgan fingerprint density at radius 2 is 1.35 bits per heavy atom. The Balaban J connectivity index is 0.000000200. The highest BCUT2D eigenvalue weighted by molar-refractivity contribution is 5.51. The number of nitriles is 1. The molecule has 0 aliphatic heterocycles. The van der Waals surface area contributed by atoms with Gasteiger partial charge in [0.1, 0.15) is 0 Å². The highest BCUT2D eigenvalue weighted by atomic mass is 16.2. The van der Waals surface area contributed by atoms with Crippen molar-refractivity contribution in [1.82, 2.24) is 0 Å². The van der Waals surface area contributed by atoms with Crippen molar-refractivity contribution in [2.75, 3.05) is 6.61 Å². The Hall–Kier alpha value is -2.63. The van der Waals surface area contributed by atoms with Gasteiger partial charge in [0.05, 0.1) is 12.7 Å². The van der Waals surface area contributed by atoms with Crippen LogP contribution in [0.2, 0.25) is 0 Å². The summed E-state index contributed by atoms with van der Waals surface area (Å²) < 4.78 is 0. The Morgan fingerprint density at radius 3 is 1.80 bits per heavy atom. The van der Waals surface area contributed by atoms with Crippen LogP contribution in [0.5, 0.6) is 0 Å². The Labute approximate surface area is 119 Å². The van der Waals surface area contributed by atoms with Crippen molar-refractivity contribution in [2.24, 2.45) is 0 Å². The van der Waals surface area contributed by atoms with E-state index in [2.05, 4.69) is 0 Å².